The highest BCUT2D eigenvalue weighted by Crippen LogP contribution is 2.26. The number of β-amino-alcohol motifs (C(OH)–C–C–N with tert-alkyl or cyclic N) is 1. The van der Waals surface area contributed by atoms with Crippen LogP contribution < -0.4 is 4.90 Å². The largest absolute Gasteiger partial charge is 0.465 e. The van der Waals surface area contributed by atoms with Gasteiger partial charge in [0.2, 0.25) is 0 Å². The van der Waals surface area contributed by atoms with E-state index in [0.29, 0.717) is 44.8 Å². The molecule has 2 amide bonds. The molecule has 3 heterocycles. The van der Waals surface area contributed by atoms with Gasteiger partial charge >= 0.3 is 6.09 Å². The molecule has 186 valence electrons. The molecule has 0 spiro atoms. The number of amides is 2. The molecule has 1 saturated heterocycles. The third kappa shape index (κ3) is 5.28. The minimum atomic E-state index is -0.865. The molecule has 0 aromatic heterocycles. The Morgan fingerprint density at radius 3 is 2.51 bits per heavy atom. The summed E-state index contributed by atoms with van der Waals surface area (Å²) in [5, 5.41) is 20.1. The van der Waals surface area contributed by atoms with Gasteiger partial charge in [0.25, 0.3) is 5.91 Å². The SMILES string of the molecule is O=C(O)N1CCCN(c2ccc3c(c2)CCN(C[C@H](O)CN2CCc4ccccc4C2)C3=O)CC1. The molecule has 8 nitrogen and oxygen atoms in total. The number of nitrogens with zero attached hydrogens (tertiary/aromatic N) is 4. The summed E-state index contributed by atoms with van der Waals surface area (Å²) in [6.07, 6.45) is 1.09. The third-order valence-corrected chi connectivity index (χ3v) is 7.50. The lowest BCUT2D eigenvalue weighted by Crippen LogP contribution is -2.46. The van der Waals surface area contributed by atoms with E-state index in [0.717, 1.165) is 50.1 Å². The number of rotatable bonds is 5. The molecule has 3 aliphatic rings. The highest BCUT2D eigenvalue weighted by Gasteiger charge is 2.28. The van der Waals surface area contributed by atoms with Crippen molar-refractivity contribution >= 4 is 17.7 Å². The van der Waals surface area contributed by atoms with Crippen LogP contribution in [0.2, 0.25) is 0 Å². The van der Waals surface area contributed by atoms with Crippen molar-refractivity contribution in [2.45, 2.75) is 31.9 Å². The number of hydrogen-bond acceptors (Lipinski definition) is 5. The van der Waals surface area contributed by atoms with Crippen LogP contribution in [0.5, 0.6) is 0 Å². The third-order valence-electron chi connectivity index (χ3n) is 7.50. The summed E-state index contributed by atoms with van der Waals surface area (Å²) in [6.45, 7) is 5.76. The predicted molar refractivity (Wildman–Crippen MR) is 134 cm³/mol. The highest BCUT2D eigenvalue weighted by molar-refractivity contribution is 5.97. The summed E-state index contributed by atoms with van der Waals surface area (Å²) in [6, 6.07) is 14.4. The van der Waals surface area contributed by atoms with E-state index in [2.05, 4.69) is 40.1 Å². The second-order valence-corrected chi connectivity index (χ2v) is 9.86. The van der Waals surface area contributed by atoms with Gasteiger partial charge in [0.05, 0.1) is 6.10 Å². The van der Waals surface area contributed by atoms with Crippen LogP contribution in [0.15, 0.2) is 42.5 Å². The lowest BCUT2D eigenvalue weighted by Gasteiger charge is -2.34. The Bertz CT molecular complexity index is 1090. The van der Waals surface area contributed by atoms with Gasteiger partial charge < -0.3 is 24.9 Å². The maximum absolute atomic E-state index is 13.2. The van der Waals surface area contributed by atoms with Crippen LogP contribution in [-0.4, -0.2) is 95.4 Å². The van der Waals surface area contributed by atoms with Crippen molar-refractivity contribution in [3.05, 3.63) is 64.7 Å². The van der Waals surface area contributed by atoms with Gasteiger partial charge in [-0.2, -0.15) is 0 Å². The van der Waals surface area contributed by atoms with Crippen molar-refractivity contribution in [2.75, 3.05) is 57.3 Å². The number of hydrogen-bond donors (Lipinski definition) is 2. The second kappa shape index (κ2) is 10.3. The minimum absolute atomic E-state index is 0.0197. The van der Waals surface area contributed by atoms with E-state index in [1.807, 2.05) is 12.1 Å². The highest BCUT2D eigenvalue weighted by atomic mass is 16.4. The van der Waals surface area contributed by atoms with E-state index in [1.54, 1.807) is 4.90 Å². The van der Waals surface area contributed by atoms with E-state index < -0.39 is 12.2 Å². The van der Waals surface area contributed by atoms with E-state index in [4.69, 9.17) is 0 Å². The Balaban J connectivity index is 1.18. The molecule has 0 bridgehead atoms. The van der Waals surface area contributed by atoms with Crippen LogP contribution in [0.25, 0.3) is 0 Å². The topological polar surface area (TPSA) is 87.6 Å². The fraction of sp³-hybridized carbons (Fsp3) is 0.481. The van der Waals surface area contributed by atoms with Gasteiger partial charge in [-0.1, -0.05) is 24.3 Å². The Morgan fingerprint density at radius 2 is 1.69 bits per heavy atom. The number of carbonyl (C=O) groups is 2. The smallest absolute Gasteiger partial charge is 0.407 e. The van der Waals surface area contributed by atoms with Gasteiger partial charge in [-0.3, -0.25) is 9.69 Å². The molecule has 2 aromatic rings. The average Bonchev–Trinajstić information content (AvgIpc) is 3.12. The van der Waals surface area contributed by atoms with Crippen LogP contribution >= 0.6 is 0 Å². The second-order valence-electron chi connectivity index (χ2n) is 9.86. The Labute approximate surface area is 206 Å². The van der Waals surface area contributed by atoms with Gasteiger partial charge in [0.1, 0.15) is 0 Å². The zero-order valence-corrected chi connectivity index (χ0v) is 20.1. The number of benzene rings is 2. The molecule has 5 rings (SSSR count). The quantitative estimate of drug-likeness (QED) is 0.686. The Kier molecular flexibility index (Phi) is 6.92. The molecular weight excluding hydrogens is 444 g/mol. The predicted octanol–water partition coefficient (Wildman–Crippen LogP) is 2.29. The van der Waals surface area contributed by atoms with E-state index >= 15 is 0 Å². The first-order chi connectivity index (χ1) is 17.0. The molecule has 0 saturated carbocycles. The van der Waals surface area contributed by atoms with Gasteiger partial charge in [-0.15, -0.1) is 0 Å². The molecule has 0 aliphatic carbocycles. The first kappa shape index (κ1) is 23.6. The van der Waals surface area contributed by atoms with E-state index in [-0.39, 0.29) is 5.91 Å². The Hall–Kier alpha value is -3.10. The fourth-order valence-corrected chi connectivity index (χ4v) is 5.58. The monoisotopic (exact) mass is 478 g/mol. The summed E-state index contributed by atoms with van der Waals surface area (Å²) in [4.78, 5) is 32.2. The lowest BCUT2D eigenvalue weighted by atomic mass is 9.97. The maximum Gasteiger partial charge on any atom is 0.407 e. The average molecular weight is 479 g/mol. The van der Waals surface area contributed by atoms with Crippen molar-refractivity contribution in [2.24, 2.45) is 0 Å². The molecule has 35 heavy (non-hydrogen) atoms. The molecular formula is C27H34N4O4. The fourth-order valence-electron chi connectivity index (χ4n) is 5.58. The summed E-state index contributed by atoms with van der Waals surface area (Å²) < 4.78 is 0. The zero-order valence-electron chi connectivity index (χ0n) is 20.1. The molecule has 8 heteroatoms. The van der Waals surface area contributed by atoms with Crippen molar-refractivity contribution in [3.8, 4) is 0 Å². The van der Waals surface area contributed by atoms with Crippen LogP contribution in [-0.2, 0) is 19.4 Å². The molecule has 2 N–H and O–H groups in total. The summed E-state index contributed by atoms with van der Waals surface area (Å²) in [5.41, 5.74) is 5.50. The molecule has 0 unspecified atom stereocenters. The number of carboxylic acid groups (broad SMARTS) is 1. The lowest BCUT2D eigenvalue weighted by molar-refractivity contribution is 0.0493. The maximum atomic E-state index is 13.2. The van der Waals surface area contributed by atoms with Crippen LogP contribution in [0.3, 0.4) is 0 Å². The number of carbonyl (C=O) groups excluding carboxylic acids is 1. The van der Waals surface area contributed by atoms with Crippen molar-refractivity contribution < 1.29 is 19.8 Å². The number of fused-ring (bicyclic) bond motifs is 2. The van der Waals surface area contributed by atoms with E-state index in [9.17, 15) is 19.8 Å². The van der Waals surface area contributed by atoms with Gasteiger partial charge in [-0.05, 0) is 54.2 Å². The van der Waals surface area contributed by atoms with Crippen molar-refractivity contribution in [1.82, 2.24) is 14.7 Å². The Morgan fingerprint density at radius 1 is 0.886 bits per heavy atom. The molecule has 0 radical (unpaired) electrons. The van der Waals surface area contributed by atoms with E-state index in [1.165, 1.54) is 16.0 Å². The molecule has 1 atom stereocenters. The van der Waals surface area contributed by atoms with Crippen LogP contribution in [0, 0.1) is 0 Å². The minimum Gasteiger partial charge on any atom is -0.465 e. The summed E-state index contributed by atoms with van der Waals surface area (Å²) >= 11 is 0. The van der Waals surface area contributed by atoms with Crippen molar-refractivity contribution in [3.63, 3.8) is 0 Å². The van der Waals surface area contributed by atoms with Crippen LogP contribution in [0.4, 0.5) is 10.5 Å². The summed E-state index contributed by atoms with van der Waals surface area (Å²) in [5.74, 6) is -0.0197. The van der Waals surface area contributed by atoms with Gasteiger partial charge in [0.15, 0.2) is 0 Å². The zero-order chi connectivity index (χ0) is 24.4. The number of anilines is 1. The number of aliphatic hydroxyl groups is 1. The standard InChI is InChI=1S/C27H34N4O4/c32-24(18-28-12-8-20-4-1-2-5-22(20)17-28)19-31-13-9-21-16-23(6-7-25(21)26(31)33)29-10-3-11-30(15-14-29)27(34)35/h1-2,4-7,16,24,32H,3,8-15,17-19H2,(H,34,35)/t24-/m1/s1. The van der Waals surface area contributed by atoms with Crippen LogP contribution in [0.1, 0.15) is 33.5 Å². The normalized spacial score (nSPS) is 19.7. The first-order valence-electron chi connectivity index (χ1n) is 12.6. The molecule has 3 aliphatic heterocycles. The van der Waals surface area contributed by atoms with Gasteiger partial charge in [0, 0.05) is 70.2 Å². The van der Waals surface area contributed by atoms with Gasteiger partial charge in [-0.25, -0.2) is 4.79 Å². The van der Waals surface area contributed by atoms with Crippen molar-refractivity contribution in [1.29, 1.82) is 0 Å². The summed E-state index contributed by atoms with van der Waals surface area (Å²) in [7, 11) is 0. The molecule has 2 aromatic carbocycles. The molecule has 1 fully saturated rings. The first-order valence-corrected chi connectivity index (χ1v) is 12.6. The number of aliphatic hydroxyl groups excluding tert-OH is 1.